The molecule has 2 amide bonds. The predicted octanol–water partition coefficient (Wildman–Crippen LogP) is 2.88. The Kier molecular flexibility index (Phi) is 5.53. The van der Waals surface area contributed by atoms with Crippen LogP contribution in [-0.4, -0.2) is 44.7 Å². The third kappa shape index (κ3) is 4.24. The summed E-state index contributed by atoms with van der Waals surface area (Å²) in [6.07, 6.45) is -3.82. The van der Waals surface area contributed by atoms with Gasteiger partial charge in [0, 0.05) is 30.0 Å². The van der Waals surface area contributed by atoms with Crippen molar-refractivity contribution in [3.05, 3.63) is 53.5 Å². The molecule has 0 radical (unpaired) electrons. The van der Waals surface area contributed by atoms with E-state index in [1.807, 2.05) is 12.1 Å². The molecular weight excluding hydrogens is 467 g/mol. The van der Waals surface area contributed by atoms with Gasteiger partial charge >= 0.3 is 12.1 Å². The number of hydrogen-bond acceptors (Lipinski definition) is 7. The van der Waals surface area contributed by atoms with Crippen molar-refractivity contribution in [2.75, 3.05) is 18.0 Å². The average Bonchev–Trinajstić information content (AvgIpc) is 3.43. The van der Waals surface area contributed by atoms with Crippen LogP contribution in [0.25, 0.3) is 16.6 Å². The largest absolute Gasteiger partial charge is 0.453 e. The Bertz CT molecular complexity index is 1420. The van der Waals surface area contributed by atoms with Crippen molar-refractivity contribution in [1.82, 2.24) is 30.7 Å². The number of para-hydroxylation sites is 1. The quantitative estimate of drug-likeness (QED) is 0.427. The maximum Gasteiger partial charge on any atom is 0.453 e. The lowest BCUT2D eigenvalue weighted by Gasteiger charge is -2.31. The maximum absolute atomic E-state index is 13.1. The summed E-state index contributed by atoms with van der Waals surface area (Å²) in [6.45, 7) is 2.56. The number of hydrazine groups is 1. The fraction of sp³-hybridized carbons (Fsp3) is 0.318. The van der Waals surface area contributed by atoms with Gasteiger partial charge in [-0.25, -0.2) is 0 Å². The van der Waals surface area contributed by atoms with E-state index in [1.165, 1.54) is 6.07 Å². The Morgan fingerprint density at radius 3 is 2.51 bits per heavy atom. The standard InChI is InChI=1S/C22H20F3N7O3/c1-12-14-4-2-3-5-15(14)35-18(12)20(34)28-27-19(33)13-8-10-31(11-9-13)17-7-6-16-26-29-21(22(23,24)25)32(16)30-17/h2-7,13H,8-11H2,1H3,(H,27,33)(H,28,34). The monoisotopic (exact) mass is 487 g/mol. The molecule has 1 aliphatic rings. The van der Waals surface area contributed by atoms with Crippen molar-refractivity contribution in [1.29, 1.82) is 0 Å². The van der Waals surface area contributed by atoms with Crippen LogP contribution in [0.4, 0.5) is 19.0 Å². The number of rotatable bonds is 3. The molecule has 5 rings (SSSR count). The number of carbonyl (C=O) groups excluding carboxylic acids is 2. The van der Waals surface area contributed by atoms with Gasteiger partial charge in [-0.2, -0.15) is 17.7 Å². The lowest BCUT2D eigenvalue weighted by Crippen LogP contribution is -2.47. The van der Waals surface area contributed by atoms with Crippen molar-refractivity contribution in [2.45, 2.75) is 25.9 Å². The molecule has 0 unspecified atom stereocenters. The summed E-state index contributed by atoms with van der Waals surface area (Å²) in [5.74, 6) is -2.04. The number of fused-ring (bicyclic) bond motifs is 2. The molecule has 3 aromatic heterocycles. The molecule has 0 bridgehead atoms. The van der Waals surface area contributed by atoms with Crippen molar-refractivity contribution in [3.8, 4) is 0 Å². The molecule has 0 atom stereocenters. The third-order valence-electron chi connectivity index (χ3n) is 6.04. The molecule has 2 N–H and O–H groups in total. The number of anilines is 1. The van der Waals surface area contributed by atoms with Crippen LogP contribution in [-0.2, 0) is 11.0 Å². The Labute approximate surface area is 196 Å². The molecule has 10 nitrogen and oxygen atoms in total. The van der Waals surface area contributed by atoms with Gasteiger partial charge in [0.25, 0.3) is 5.82 Å². The summed E-state index contributed by atoms with van der Waals surface area (Å²) < 4.78 is 45.6. The lowest BCUT2D eigenvalue weighted by atomic mass is 9.96. The Hall–Kier alpha value is -4.16. The normalized spacial score (nSPS) is 15.0. The highest BCUT2D eigenvalue weighted by molar-refractivity contribution is 5.99. The van der Waals surface area contributed by atoms with Crippen molar-refractivity contribution in [2.24, 2.45) is 5.92 Å². The smallest absolute Gasteiger partial charge is 0.451 e. The summed E-state index contributed by atoms with van der Waals surface area (Å²) in [5.41, 5.74) is 6.08. The number of carbonyl (C=O) groups is 2. The van der Waals surface area contributed by atoms with Crippen LogP contribution in [0.5, 0.6) is 0 Å². The van der Waals surface area contributed by atoms with Crippen LogP contribution in [0.2, 0.25) is 0 Å². The van der Waals surface area contributed by atoms with Gasteiger partial charge in [-0.1, -0.05) is 18.2 Å². The van der Waals surface area contributed by atoms with E-state index in [-0.39, 0.29) is 23.2 Å². The van der Waals surface area contributed by atoms with Crippen LogP contribution in [0.3, 0.4) is 0 Å². The second-order valence-electron chi connectivity index (χ2n) is 8.24. The minimum Gasteiger partial charge on any atom is -0.451 e. The lowest BCUT2D eigenvalue weighted by molar-refractivity contribution is -0.146. The van der Waals surface area contributed by atoms with E-state index < -0.39 is 17.9 Å². The van der Waals surface area contributed by atoms with E-state index in [2.05, 4.69) is 26.1 Å². The van der Waals surface area contributed by atoms with E-state index in [1.54, 1.807) is 30.0 Å². The van der Waals surface area contributed by atoms with Gasteiger partial charge < -0.3 is 9.32 Å². The molecule has 1 aliphatic heterocycles. The number of benzene rings is 1. The Morgan fingerprint density at radius 1 is 1.06 bits per heavy atom. The summed E-state index contributed by atoms with van der Waals surface area (Å²) in [5, 5.41) is 11.5. The number of halogens is 3. The zero-order chi connectivity index (χ0) is 24.7. The molecule has 4 heterocycles. The number of aromatic nitrogens is 4. The summed E-state index contributed by atoms with van der Waals surface area (Å²) in [4.78, 5) is 26.9. The highest BCUT2D eigenvalue weighted by Crippen LogP contribution is 2.29. The second kappa shape index (κ2) is 8.56. The van der Waals surface area contributed by atoms with Crippen molar-refractivity contribution >= 4 is 34.2 Å². The maximum atomic E-state index is 13.1. The molecule has 182 valence electrons. The Morgan fingerprint density at radius 2 is 1.80 bits per heavy atom. The van der Waals surface area contributed by atoms with Gasteiger partial charge in [-0.3, -0.25) is 20.4 Å². The predicted molar refractivity (Wildman–Crippen MR) is 117 cm³/mol. The second-order valence-corrected chi connectivity index (χ2v) is 8.24. The summed E-state index contributed by atoms with van der Waals surface area (Å²) >= 11 is 0. The molecule has 4 aromatic rings. The number of aryl methyl sites for hydroxylation is 1. The minimum absolute atomic E-state index is 0.00855. The number of piperidine rings is 1. The fourth-order valence-corrected chi connectivity index (χ4v) is 4.16. The van der Waals surface area contributed by atoms with Crippen LogP contribution >= 0.6 is 0 Å². The number of nitrogens with one attached hydrogen (secondary N) is 2. The molecule has 1 fully saturated rings. The van der Waals surface area contributed by atoms with Crippen LogP contribution in [0.15, 0.2) is 40.8 Å². The van der Waals surface area contributed by atoms with E-state index in [0.29, 0.717) is 47.4 Å². The molecule has 1 aromatic carbocycles. The molecule has 35 heavy (non-hydrogen) atoms. The zero-order valence-electron chi connectivity index (χ0n) is 18.5. The van der Waals surface area contributed by atoms with Gasteiger partial charge in [-0.15, -0.1) is 15.3 Å². The highest BCUT2D eigenvalue weighted by Gasteiger charge is 2.38. The molecule has 0 saturated carbocycles. The van der Waals surface area contributed by atoms with E-state index in [0.717, 1.165) is 5.39 Å². The van der Waals surface area contributed by atoms with Gasteiger partial charge in [0.1, 0.15) is 11.4 Å². The van der Waals surface area contributed by atoms with Gasteiger partial charge in [0.15, 0.2) is 11.4 Å². The molecule has 0 spiro atoms. The van der Waals surface area contributed by atoms with Gasteiger partial charge in [0.05, 0.1) is 0 Å². The summed E-state index contributed by atoms with van der Waals surface area (Å²) in [6, 6.07) is 10.2. The first kappa shape index (κ1) is 22.6. The highest BCUT2D eigenvalue weighted by atomic mass is 19.4. The van der Waals surface area contributed by atoms with Crippen LogP contribution in [0.1, 0.15) is 34.8 Å². The van der Waals surface area contributed by atoms with Crippen molar-refractivity contribution in [3.63, 3.8) is 0 Å². The fourth-order valence-electron chi connectivity index (χ4n) is 4.16. The third-order valence-corrected chi connectivity index (χ3v) is 6.04. The van der Waals surface area contributed by atoms with Gasteiger partial charge in [0.2, 0.25) is 5.91 Å². The zero-order valence-corrected chi connectivity index (χ0v) is 18.5. The number of alkyl halides is 3. The van der Waals surface area contributed by atoms with Crippen molar-refractivity contribution < 1.29 is 27.2 Å². The van der Waals surface area contributed by atoms with Gasteiger partial charge in [-0.05, 0) is 38.0 Å². The molecule has 0 aliphatic carbocycles. The molecule has 13 heteroatoms. The SMILES string of the molecule is Cc1c(C(=O)NNC(=O)C2CCN(c3ccc4nnc(C(F)(F)F)n4n3)CC2)oc2ccccc12. The first-order valence-corrected chi connectivity index (χ1v) is 10.9. The number of hydrogen-bond donors (Lipinski definition) is 2. The first-order valence-electron chi connectivity index (χ1n) is 10.9. The number of furan rings is 1. The minimum atomic E-state index is -4.68. The van der Waals surface area contributed by atoms with Crippen LogP contribution < -0.4 is 15.8 Å². The van der Waals surface area contributed by atoms with E-state index >= 15 is 0 Å². The topological polar surface area (TPSA) is 118 Å². The summed E-state index contributed by atoms with van der Waals surface area (Å²) in [7, 11) is 0. The van der Waals surface area contributed by atoms with Crippen LogP contribution in [0, 0.1) is 12.8 Å². The number of nitrogens with zero attached hydrogens (tertiary/aromatic N) is 5. The average molecular weight is 487 g/mol. The first-order chi connectivity index (χ1) is 16.7. The molecule has 1 saturated heterocycles. The van der Waals surface area contributed by atoms with E-state index in [4.69, 9.17) is 4.42 Å². The Balaban J connectivity index is 1.19. The number of amides is 2. The molecular formula is C22H20F3N7O3. The van der Waals surface area contributed by atoms with E-state index in [9.17, 15) is 22.8 Å².